The fourth-order valence-corrected chi connectivity index (χ4v) is 2.02. The molecule has 1 N–H and O–H groups in total. The molecule has 0 aromatic carbocycles. The minimum atomic E-state index is -0.953. The Kier molecular flexibility index (Phi) is 2.12. The Morgan fingerprint density at radius 3 is 2.87 bits per heavy atom. The van der Waals surface area contributed by atoms with Crippen LogP contribution in [0.1, 0.15) is 19.5 Å². The molecule has 1 amide bonds. The summed E-state index contributed by atoms with van der Waals surface area (Å²) < 4.78 is 0. The van der Waals surface area contributed by atoms with E-state index in [0.29, 0.717) is 17.4 Å². The first kappa shape index (κ1) is 10.2. The van der Waals surface area contributed by atoms with Gasteiger partial charge in [0, 0.05) is 12.0 Å². The van der Waals surface area contributed by atoms with Gasteiger partial charge in [0.1, 0.15) is 5.15 Å². The molecule has 1 aliphatic rings. The first-order chi connectivity index (χ1) is 6.92. The Bertz CT molecular complexity index is 431. The van der Waals surface area contributed by atoms with E-state index < -0.39 is 6.09 Å². The molecule has 0 aliphatic carbocycles. The summed E-state index contributed by atoms with van der Waals surface area (Å²) in [5.41, 5.74) is 1.10. The lowest BCUT2D eigenvalue weighted by Crippen LogP contribution is -2.32. The largest absolute Gasteiger partial charge is 0.465 e. The van der Waals surface area contributed by atoms with Crippen LogP contribution in [0.3, 0.4) is 0 Å². The number of aromatic nitrogens is 1. The number of hydrogen-bond acceptors (Lipinski definition) is 2. The van der Waals surface area contributed by atoms with Gasteiger partial charge < -0.3 is 5.11 Å². The molecule has 0 unspecified atom stereocenters. The van der Waals surface area contributed by atoms with Gasteiger partial charge >= 0.3 is 6.09 Å². The van der Waals surface area contributed by atoms with Gasteiger partial charge in [-0.1, -0.05) is 25.4 Å². The molecule has 2 heterocycles. The number of fused-ring (bicyclic) bond motifs is 1. The Morgan fingerprint density at radius 1 is 1.60 bits per heavy atom. The van der Waals surface area contributed by atoms with Crippen LogP contribution >= 0.6 is 11.6 Å². The average molecular weight is 227 g/mol. The number of hydrogen-bond donors (Lipinski definition) is 1. The molecule has 0 saturated carbocycles. The maximum Gasteiger partial charge on any atom is 0.411 e. The van der Waals surface area contributed by atoms with Crippen molar-refractivity contribution in [3.63, 3.8) is 0 Å². The molecule has 0 bridgehead atoms. The van der Waals surface area contributed by atoms with E-state index in [9.17, 15) is 4.79 Å². The lowest BCUT2D eigenvalue weighted by Gasteiger charge is -2.17. The molecular weight excluding hydrogens is 216 g/mol. The minimum absolute atomic E-state index is 0.279. The molecule has 2 rings (SSSR count). The number of halogens is 1. The highest BCUT2D eigenvalue weighted by Gasteiger charge is 2.39. The highest BCUT2D eigenvalue weighted by molar-refractivity contribution is 6.29. The van der Waals surface area contributed by atoms with Gasteiger partial charge in [-0.2, -0.15) is 0 Å². The topological polar surface area (TPSA) is 53.4 Å². The highest BCUT2D eigenvalue weighted by Crippen LogP contribution is 2.39. The smallest absolute Gasteiger partial charge is 0.411 e. The van der Waals surface area contributed by atoms with Crippen LogP contribution in [0.4, 0.5) is 10.5 Å². The van der Waals surface area contributed by atoms with Crippen molar-refractivity contribution in [3.8, 4) is 0 Å². The number of rotatable bonds is 0. The second kappa shape index (κ2) is 3.10. The first-order valence-electron chi connectivity index (χ1n) is 4.59. The zero-order valence-corrected chi connectivity index (χ0v) is 9.25. The number of carboxylic acid groups (broad SMARTS) is 1. The molecule has 0 radical (unpaired) electrons. The van der Waals surface area contributed by atoms with E-state index in [-0.39, 0.29) is 5.41 Å². The third kappa shape index (κ3) is 1.55. The summed E-state index contributed by atoms with van der Waals surface area (Å²) in [5.74, 6) is 0. The van der Waals surface area contributed by atoms with Crippen molar-refractivity contribution in [3.05, 3.63) is 23.0 Å². The molecule has 0 fully saturated rings. The molecule has 15 heavy (non-hydrogen) atoms. The molecule has 1 aliphatic heterocycles. The summed E-state index contributed by atoms with van der Waals surface area (Å²) in [6.45, 7) is 4.33. The monoisotopic (exact) mass is 226 g/mol. The van der Waals surface area contributed by atoms with Crippen LogP contribution in [-0.4, -0.2) is 22.7 Å². The van der Waals surface area contributed by atoms with Crippen molar-refractivity contribution in [1.29, 1.82) is 0 Å². The van der Waals surface area contributed by atoms with Gasteiger partial charge in [0.15, 0.2) is 0 Å². The van der Waals surface area contributed by atoms with Crippen molar-refractivity contribution < 1.29 is 9.90 Å². The number of anilines is 1. The number of nitrogens with zero attached hydrogens (tertiary/aromatic N) is 2. The van der Waals surface area contributed by atoms with E-state index >= 15 is 0 Å². The summed E-state index contributed by atoms with van der Waals surface area (Å²) in [6.07, 6.45) is -0.953. The second-order valence-corrected chi connectivity index (χ2v) is 4.64. The molecular formula is C10H11ClN2O2. The molecule has 5 heteroatoms. The lowest BCUT2D eigenvalue weighted by molar-refractivity contribution is 0.201. The van der Waals surface area contributed by atoms with E-state index in [1.165, 1.54) is 4.90 Å². The third-order valence-electron chi connectivity index (χ3n) is 2.56. The van der Waals surface area contributed by atoms with Crippen LogP contribution in [0.25, 0.3) is 0 Å². The zero-order chi connectivity index (χ0) is 11.2. The van der Waals surface area contributed by atoms with Gasteiger partial charge in [-0.3, -0.25) is 4.90 Å². The van der Waals surface area contributed by atoms with Gasteiger partial charge in [0.05, 0.1) is 11.4 Å². The molecule has 80 valence electrons. The molecule has 0 spiro atoms. The summed E-state index contributed by atoms with van der Waals surface area (Å²) in [5, 5.41) is 9.42. The quantitative estimate of drug-likeness (QED) is 0.692. The van der Waals surface area contributed by atoms with E-state index in [0.717, 1.165) is 5.69 Å². The normalized spacial score (nSPS) is 17.7. The number of pyridine rings is 1. The van der Waals surface area contributed by atoms with E-state index in [1.54, 1.807) is 12.1 Å². The van der Waals surface area contributed by atoms with Crippen LogP contribution < -0.4 is 4.90 Å². The fraction of sp³-hybridized carbons (Fsp3) is 0.400. The van der Waals surface area contributed by atoms with Gasteiger partial charge in [0.25, 0.3) is 0 Å². The van der Waals surface area contributed by atoms with Crippen LogP contribution in [0.2, 0.25) is 5.15 Å². The van der Waals surface area contributed by atoms with E-state index in [4.69, 9.17) is 16.7 Å². The summed E-state index contributed by atoms with van der Waals surface area (Å²) >= 11 is 5.80. The summed E-state index contributed by atoms with van der Waals surface area (Å²) in [7, 11) is 0. The standard InChI is InChI=1S/C10H11ClN2O2/c1-10(2)5-13(9(14)15)6-3-4-7(11)12-8(6)10/h3-4H,5H2,1-2H3,(H,14,15). The van der Waals surface area contributed by atoms with Crippen LogP contribution in [0, 0.1) is 0 Å². The van der Waals surface area contributed by atoms with E-state index in [2.05, 4.69) is 4.98 Å². The van der Waals surface area contributed by atoms with Crippen LogP contribution in [-0.2, 0) is 5.41 Å². The van der Waals surface area contributed by atoms with Crippen molar-refractivity contribution >= 4 is 23.4 Å². The van der Waals surface area contributed by atoms with Crippen molar-refractivity contribution in [2.24, 2.45) is 0 Å². The zero-order valence-electron chi connectivity index (χ0n) is 8.49. The number of amides is 1. The predicted octanol–water partition coefficient (Wildman–Crippen LogP) is 2.51. The molecule has 1 aromatic rings. The van der Waals surface area contributed by atoms with Crippen molar-refractivity contribution in [1.82, 2.24) is 4.98 Å². The van der Waals surface area contributed by atoms with Crippen molar-refractivity contribution in [2.75, 3.05) is 11.4 Å². The Labute approximate surface area is 92.5 Å². The van der Waals surface area contributed by atoms with Gasteiger partial charge in [0.2, 0.25) is 0 Å². The fourth-order valence-electron chi connectivity index (χ4n) is 1.87. The lowest BCUT2D eigenvalue weighted by atomic mass is 9.91. The Balaban J connectivity index is 2.58. The highest BCUT2D eigenvalue weighted by atomic mass is 35.5. The van der Waals surface area contributed by atoms with Crippen LogP contribution in [0.15, 0.2) is 12.1 Å². The predicted molar refractivity (Wildman–Crippen MR) is 57.6 cm³/mol. The van der Waals surface area contributed by atoms with Gasteiger partial charge in [-0.15, -0.1) is 0 Å². The Morgan fingerprint density at radius 2 is 2.27 bits per heavy atom. The molecule has 0 saturated heterocycles. The third-order valence-corrected chi connectivity index (χ3v) is 2.77. The second-order valence-electron chi connectivity index (χ2n) is 4.25. The summed E-state index contributed by atoms with van der Waals surface area (Å²) in [4.78, 5) is 16.5. The SMILES string of the molecule is CC1(C)CN(C(=O)O)c2ccc(Cl)nc21. The van der Waals surface area contributed by atoms with Gasteiger partial charge in [-0.05, 0) is 12.1 Å². The first-order valence-corrected chi connectivity index (χ1v) is 4.97. The molecule has 1 aromatic heterocycles. The maximum atomic E-state index is 11.0. The maximum absolute atomic E-state index is 11.0. The minimum Gasteiger partial charge on any atom is -0.465 e. The van der Waals surface area contributed by atoms with E-state index in [1.807, 2.05) is 13.8 Å². The molecule has 4 nitrogen and oxygen atoms in total. The molecule has 0 atom stereocenters. The summed E-state index contributed by atoms with van der Waals surface area (Å²) in [6, 6.07) is 3.31. The average Bonchev–Trinajstić information content (AvgIpc) is 2.39. The van der Waals surface area contributed by atoms with Crippen LogP contribution in [0.5, 0.6) is 0 Å². The van der Waals surface area contributed by atoms with Gasteiger partial charge in [-0.25, -0.2) is 9.78 Å². The van der Waals surface area contributed by atoms with Crippen molar-refractivity contribution in [2.45, 2.75) is 19.3 Å². The number of carbonyl (C=O) groups is 1. The Hall–Kier alpha value is -1.29.